The highest BCUT2D eigenvalue weighted by molar-refractivity contribution is 6.04. The van der Waals surface area contributed by atoms with Crippen molar-refractivity contribution in [2.75, 3.05) is 17.2 Å². The van der Waals surface area contributed by atoms with Crippen molar-refractivity contribution in [3.05, 3.63) is 96.6 Å². The van der Waals surface area contributed by atoms with E-state index in [1.54, 1.807) is 24.3 Å². The molecule has 142 valence electrons. The minimum atomic E-state index is -0.207. The molecule has 0 aliphatic rings. The van der Waals surface area contributed by atoms with Crippen LogP contribution < -0.4 is 21.0 Å². The van der Waals surface area contributed by atoms with Gasteiger partial charge in [-0.15, -0.1) is 0 Å². The number of hydrogen-bond donors (Lipinski definition) is 3. The third kappa shape index (κ3) is 5.22. The van der Waals surface area contributed by atoms with Gasteiger partial charge in [0.1, 0.15) is 5.75 Å². The first-order chi connectivity index (χ1) is 13.7. The number of nitrogens with one attached hydrogen (secondary N) is 3. The first-order valence-corrected chi connectivity index (χ1v) is 9.08. The molecule has 0 radical (unpaired) electrons. The number of amides is 1. The highest BCUT2D eigenvalue weighted by Crippen LogP contribution is 2.21. The van der Waals surface area contributed by atoms with E-state index >= 15 is 0 Å². The Balaban J connectivity index is 1.67. The summed E-state index contributed by atoms with van der Waals surface area (Å²) in [6.07, 6.45) is 0. The van der Waals surface area contributed by atoms with Gasteiger partial charge in [-0.25, -0.2) is 0 Å². The van der Waals surface area contributed by atoms with Crippen molar-refractivity contribution in [1.82, 2.24) is 5.48 Å². The molecule has 3 rings (SSSR count). The Kier molecular flexibility index (Phi) is 6.44. The van der Waals surface area contributed by atoms with E-state index in [4.69, 9.17) is 4.84 Å². The molecule has 0 heterocycles. The topological polar surface area (TPSA) is 62.4 Å². The quantitative estimate of drug-likeness (QED) is 0.490. The smallest absolute Gasteiger partial charge is 0.255 e. The van der Waals surface area contributed by atoms with E-state index in [1.807, 2.05) is 61.5 Å². The minimum Gasteiger partial charge on any atom is -0.409 e. The van der Waals surface area contributed by atoms with Gasteiger partial charge in [-0.2, -0.15) is 5.48 Å². The molecular weight excluding hydrogens is 350 g/mol. The number of hydroxylamine groups is 1. The third-order valence-electron chi connectivity index (χ3n) is 3.97. The number of anilines is 2. The van der Waals surface area contributed by atoms with Gasteiger partial charge in [0, 0.05) is 29.2 Å². The molecule has 0 unspecified atom stereocenters. The highest BCUT2D eigenvalue weighted by Gasteiger charge is 2.08. The summed E-state index contributed by atoms with van der Waals surface area (Å²) in [4.78, 5) is 17.9. The van der Waals surface area contributed by atoms with Crippen LogP contribution in [0.1, 0.15) is 22.8 Å². The van der Waals surface area contributed by atoms with Gasteiger partial charge in [0.2, 0.25) is 0 Å². The Labute approximate surface area is 165 Å². The molecule has 0 aliphatic carbocycles. The summed E-state index contributed by atoms with van der Waals surface area (Å²) in [6, 6.07) is 24.4. The van der Waals surface area contributed by atoms with E-state index in [-0.39, 0.29) is 5.91 Å². The molecule has 5 nitrogen and oxygen atoms in total. The lowest BCUT2D eigenvalue weighted by molar-refractivity contribution is 0.102. The Morgan fingerprint density at radius 1 is 0.857 bits per heavy atom. The fourth-order valence-electron chi connectivity index (χ4n) is 2.62. The van der Waals surface area contributed by atoms with Crippen LogP contribution in [-0.2, 0) is 0 Å². The lowest BCUT2D eigenvalue weighted by atomic mass is 10.1. The summed E-state index contributed by atoms with van der Waals surface area (Å²) in [5.41, 5.74) is 6.62. The molecule has 5 heteroatoms. The van der Waals surface area contributed by atoms with E-state index < -0.39 is 0 Å². The first kappa shape index (κ1) is 19.2. The molecule has 1 amide bonds. The Bertz CT molecular complexity index is 955. The van der Waals surface area contributed by atoms with E-state index in [1.165, 1.54) is 0 Å². The van der Waals surface area contributed by atoms with Gasteiger partial charge in [-0.3, -0.25) is 4.79 Å². The molecule has 0 aromatic heterocycles. The zero-order valence-electron chi connectivity index (χ0n) is 15.7. The molecule has 0 saturated heterocycles. The van der Waals surface area contributed by atoms with Crippen molar-refractivity contribution in [1.29, 1.82) is 0 Å². The van der Waals surface area contributed by atoms with Crippen LogP contribution in [0.25, 0.3) is 5.70 Å². The second kappa shape index (κ2) is 9.39. The van der Waals surface area contributed by atoms with Gasteiger partial charge in [-0.1, -0.05) is 49.0 Å². The number of benzene rings is 3. The number of rotatable bonds is 8. The number of carbonyl (C=O) groups excluding carboxylic acids is 1. The molecule has 3 N–H and O–H groups in total. The Hall–Kier alpha value is -3.57. The van der Waals surface area contributed by atoms with Crippen molar-refractivity contribution in [3.63, 3.8) is 0 Å². The molecule has 0 aliphatic heterocycles. The van der Waals surface area contributed by atoms with E-state index in [9.17, 15) is 4.79 Å². The van der Waals surface area contributed by atoms with Crippen LogP contribution >= 0.6 is 0 Å². The molecule has 0 spiro atoms. The minimum absolute atomic E-state index is 0.207. The zero-order chi connectivity index (χ0) is 19.8. The first-order valence-electron chi connectivity index (χ1n) is 9.08. The van der Waals surface area contributed by atoms with Gasteiger partial charge in [0.15, 0.2) is 0 Å². The van der Waals surface area contributed by atoms with Gasteiger partial charge in [-0.05, 0) is 48.9 Å². The van der Waals surface area contributed by atoms with Crippen LogP contribution in [0.5, 0.6) is 5.75 Å². The molecule has 0 atom stereocenters. The second-order valence-electron chi connectivity index (χ2n) is 6.13. The van der Waals surface area contributed by atoms with Gasteiger partial charge in [0.25, 0.3) is 5.91 Å². The molecule has 3 aromatic rings. The lowest BCUT2D eigenvalue weighted by Gasteiger charge is -2.12. The van der Waals surface area contributed by atoms with Crippen molar-refractivity contribution >= 4 is 23.0 Å². The average Bonchev–Trinajstić information content (AvgIpc) is 2.73. The molecule has 28 heavy (non-hydrogen) atoms. The third-order valence-corrected chi connectivity index (χ3v) is 3.97. The zero-order valence-corrected chi connectivity index (χ0v) is 15.7. The fraction of sp³-hybridized carbons (Fsp3) is 0.0870. The van der Waals surface area contributed by atoms with E-state index in [0.717, 1.165) is 16.9 Å². The maximum Gasteiger partial charge on any atom is 0.255 e. The standard InChI is InChI=1S/C23H23N3O2/c1-3-24-28-22-14-7-11-19(15-22)23(27)26-21-13-8-12-20(16-21)25-17(2)18-9-5-4-6-10-18/h4-16,24-25H,2-3H2,1H3,(H,26,27). The van der Waals surface area contributed by atoms with Crippen LogP contribution in [0, 0.1) is 0 Å². The van der Waals surface area contributed by atoms with Crippen molar-refractivity contribution < 1.29 is 9.63 Å². The number of carbonyl (C=O) groups is 1. The summed E-state index contributed by atoms with van der Waals surface area (Å²) in [6.45, 7) is 6.68. The molecule has 0 fully saturated rings. The van der Waals surface area contributed by atoms with Gasteiger partial charge < -0.3 is 15.5 Å². The molecular formula is C23H23N3O2. The Morgan fingerprint density at radius 2 is 1.54 bits per heavy atom. The maximum atomic E-state index is 12.6. The molecule has 0 saturated carbocycles. The summed E-state index contributed by atoms with van der Waals surface area (Å²) < 4.78 is 0. The van der Waals surface area contributed by atoms with Crippen LogP contribution in [-0.4, -0.2) is 12.5 Å². The fourth-order valence-corrected chi connectivity index (χ4v) is 2.62. The predicted octanol–water partition coefficient (Wildman–Crippen LogP) is 4.93. The largest absolute Gasteiger partial charge is 0.409 e. The maximum absolute atomic E-state index is 12.6. The predicted molar refractivity (Wildman–Crippen MR) is 114 cm³/mol. The molecule has 0 bridgehead atoms. The summed E-state index contributed by atoms with van der Waals surface area (Å²) >= 11 is 0. The monoisotopic (exact) mass is 373 g/mol. The lowest BCUT2D eigenvalue weighted by Crippen LogP contribution is -2.18. The van der Waals surface area contributed by atoms with Gasteiger partial charge in [0.05, 0.1) is 0 Å². The van der Waals surface area contributed by atoms with Crippen LogP contribution in [0.4, 0.5) is 11.4 Å². The van der Waals surface area contributed by atoms with Crippen molar-refractivity contribution in [2.45, 2.75) is 6.92 Å². The average molecular weight is 373 g/mol. The van der Waals surface area contributed by atoms with Crippen molar-refractivity contribution in [2.24, 2.45) is 0 Å². The summed E-state index contributed by atoms with van der Waals surface area (Å²) in [7, 11) is 0. The molecule has 3 aromatic carbocycles. The van der Waals surface area contributed by atoms with Gasteiger partial charge >= 0.3 is 0 Å². The summed E-state index contributed by atoms with van der Waals surface area (Å²) in [5, 5.41) is 6.18. The summed E-state index contributed by atoms with van der Waals surface area (Å²) in [5.74, 6) is 0.380. The SMILES string of the molecule is C=C(Nc1cccc(NC(=O)c2cccc(ONCC)c2)c1)c1ccccc1. The van der Waals surface area contributed by atoms with Crippen LogP contribution in [0.2, 0.25) is 0 Å². The van der Waals surface area contributed by atoms with Crippen LogP contribution in [0.15, 0.2) is 85.4 Å². The normalized spacial score (nSPS) is 10.2. The van der Waals surface area contributed by atoms with Crippen LogP contribution in [0.3, 0.4) is 0 Å². The van der Waals surface area contributed by atoms with E-state index in [2.05, 4.69) is 22.7 Å². The van der Waals surface area contributed by atoms with E-state index in [0.29, 0.717) is 23.5 Å². The number of hydrogen-bond acceptors (Lipinski definition) is 4. The second-order valence-corrected chi connectivity index (χ2v) is 6.13. The van der Waals surface area contributed by atoms with Crippen molar-refractivity contribution in [3.8, 4) is 5.75 Å². The highest BCUT2D eigenvalue weighted by atomic mass is 16.6. The Morgan fingerprint density at radius 3 is 2.29 bits per heavy atom.